The molecule has 0 radical (unpaired) electrons. The van der Waals surface area contributed by atoms with E-state index < -0.39 is 0 Å². The van der Waals surface area contributed by atoms with E-state index in [1.54, 1.807) is 0 Å². The second-order valence-corrected chi connectivity index (χ2v) is 4.25. The highest BCUT2D eigenvalue weighted by Crippen LogP contribution is 2.27. The molecule has 0 bridgehead atoms. The van der Waals surface area contributed by atoms with Gasteiger partial charge in [0.25, 0.3) is 0 Å². The molecule has 0 heterocycles. The van der Waals surface area contributed by atoms with E-state index in [1.165, 1.54) is 44.9 Å². The van der Waals surface area contributed by atoms with Crippen molar-refractivity contribution in [2.45, 2.75) is 64.3 Å². The third kappa shape index (κ3) is 3.57. The van der Waals surface area contributed by atoms with Gasteiger partial charge in [0.2, 0.25) is 0 Å². The van der Waals surface area contributed by atoms with Crippen molar-refractivity contribution in [3.05, 3.63) is 0 Å². The van der Waals surface area contributed by atoms with Crippen LogP contribution < -0.4 is 5.73 Å². The third-order valence-electron chi connectivity index (χ3n) is 3.19. The minimum atomic E-state index is 0.465. The van der Waals surface area contributed by atoms with Gasteiger partial charge in [-0.2, -0.15) is 0 Å². The van der Waals surface area contributed by atoms with Crippen LogP contribution >= 0.6 is 0 Å². The van der Waals surface area contributed by atoms with Gasteiger partial charge in [-0.3, -0.25) is 0 Å². The molecule has 1 nitrogen and oxygen atoms in total. The first-order chi connectivity index (χ1) is 5.83. The van der Waals surface area contributed by atoms with Gasteiger partial charge in [-0.15, -0.1) is 0 Å². The van der Waals surface area contributed by atoms with Crippen LogP contribution in [0.1, 0.15) is 58.3 Å². The summed E-state index contributed by atoms with van der Waals surface area (Å²) >= 11 is 0. The molecular formula is C11H23N. The van der Waals surface area contributed by atoms with Crippen molar-refractivity contribution >= 4 is 0 Å². The monoisotopic (exact) mass is 169 g/mol. The Labute approximate surface area is 76.7 Å². The third-order valence-corrected chi connectivity index (χ3v) is 3.19. The standard InChI is InChI=1S/C11H23N/c1-2-11(12)9-8-10-6-4-3-5-7-10/h10-11H,2-9,12H2,1H3/t11-/m1/s1. The summed E-state index contributed by atoms with van der Waals surface area (Å²) in [6, 6.07) is 0.465. The van der Waals surface area contributed by atoms with Crippen LogP contribution in [0.5, 0.6) is 0 Å². The van der Waals surface area contributed by atoms with E-state index >= 15 is 0 Å². The summed E-state index contributed by atoms with van der Waals surface area (Å²) < 4.78 is 0. The van der Waals surface area contributed by atoms with E-state index in [0.717, 1.165) is 12.3 Å². The Balaban J connectivity index is 2.05. The predicted molar refractivity (Wildman–Crippen MR) is 54.1 cm³/mol. The van der Waals surface area contributed by atoms with Crippen LogP contribution in [0.4, 0.5) is 0 Å². The maximum atomic E-state index is 5.89. The molecule has 72 valence electrons. The molecule has 0 aromatic heterocycles. The van der Waals surface area contributed by atoms with Gasteiger partial charge in [0.05, 0.1) is 0 Å². The van der Waals surface area contributed by atoms with E-state index in [2.05, 4.69) is 6.92 Å². The van der Waals surface area contributed by atoms with Crippen molar-refractivity contribution in [3.63, 3.8) is 0 Å². The summed E-state index contributed by atoms with van der Waals surface area (Å²) in [5, 5.41) is 0. The zero-order chi connectivity index (χ0) is 8.81. The highest BCUT2D eigenvalue weighted by atomic mass is 14.6. The summed E-state index contributed by atoms with van der Waals surface area (Å²) in [5.41, 5.74) is 5.89. The minimum Gasteiger partial charge on any atom is -0.328 e. The zero-order valence-electron chi connectivity index (χ0n) is 8.39. The van der Waals surface area contributed by atoms with Crippen LogP contribution in [0.3, 0.4) is 0 Å². The van der Waals surface area contributed by atoms with E-state index in [1.807, 2.05) is 0 Å². The molecule has 0 amide bonds. The lowest BCUT2D eigenvalue weighted by Gasteiger charge is -2.22. The maximum absolute atomic E-state index is 5.89. The van der Waals surface area contributed by atoms with E-state index in [4.69, 9.17) is 5.73 Å². The van der Waals surface area contributed by atoms with Crippen LogP contribution in [-0.2, 0) is 0 Å². The molecule has 1 atom stereocenters. The van der Waals surface area contributed by atoms with Crippen LogP contribution in [0.2, 0.25) is 0 Å². The van der Waals surface area contributed by atoms with E-state index in [-0.39, 0.29) is 0 Å². The Kier molecular flexibility index (Phi) is 4.67. The summed E-state index contributed by atoms with van der Waals surface area (Å²) in [7, 11) is 0. The van der Waals surface area contributed by atoms with Crippen molar-refractivity contribution < 1.29 is 0 Å². The first-order valence-corrected chi connectivity index (χ1v) is 5.58. The lowest BCUT2D eigenvalue weighted by atomic mass is 9.85. The summed E-state index contributed by atoms with van der Waals surface area (Å²) in [6.45, 7) is 2.19. The van der Waals surface area contributed by atoms with Gasteiger partial charge in [0, 0.05) is 6.04 Å². The molecule has 0 spiro atoms. The molecule has 0 aromatic rings. The Hall–Kier alpha value is -0.0400. The van der Waals surface area contributed by atoms with E-state index in [0.29, 0.717) is 6.04 Å². The predicted octanol–water partition coefficient (Wildman–Crippen LogP) is 3.08. The lowest BCUT2D eigenvalue weighted by Crippen LogP contribution is -2.20. The molecule has 1 saturated carbocycles. The van der Waals surface area contributed by atoms with Crippen LogP contribution in [0, 0.1) is 5.92 Å². The number of nitrogens with two attached hydrogens (primary N) is 1. The van der Waals surface area contributed by atoms with Gasteiger partial charge in [-0.25, -0.2) is 0 Å². The average Bonchev–Trinajstić information content (AvgIpc) is 2.16. The quantitative estimate of drug-likeness (QED) is 0.687. The first kappa shape index (κ1) is 10.0. The van der Waals surface area contributed by atoms with Crippen molar-refractivity contribution in [2.75, 3.05) is 0 Å². The molecule has 1 rings (SSSR count). The topological polar surface area (TPSA) is 26.0 Å². The van der Waals surface area contributed by atoms with Crippen molar-refractivity contribution in [3.8, 4) is 0 Å². The van der Waals surface area contributed by atoms with E-state index in [9.17, 15) is 0 Å². The Morgan fingerprint density at radius 3 is 2.50 bits per heavy atom. The van der Waals surface area contributed by atoms with Gasteiger partial charge >= 0.3 is 0 Å². The fraction of sp³-hybridized carbons (Fsp3) is 1.00. The smallest absolute Gasteiger partial charge is 0.00363 e. The van der Waals surface area contributed by atoms with Crippen LogP contribution in [-0.4, -0.2) is 6.04 Å². The van der Waals surface area contributed by atoms with Crippen molar-refractivity contribution in [1.29, 1.82) is 0 Å². The molecule has 1 heteroatoms. The van der Waals surface area contributed by atoms with Crippen LogP contribution in [0.25, 0.3) is 0 Å². The summed E-state index contributed by atoms with van der Waals surface area (Å²) in [5.74, 6) is 1.01. The molecule has 12 heavy (non-hydrogen) atoms. The largest absolute Gasteiger partial charge is 0.328 e. The number of hydrogen-bond acceptors (Lipinski definition) is 1. The summed E-state index contributed by atoms with van der Waals surface area (Å²) in [6.07, 6.45) is 11.1. The number of rotatable bonds is 4. The van der Waals surface area contributed by atoms with Crippen molar-refractivity contribution in [2.24, 2.45) is 11.7 Å². The first-order valence-electron chi connectivity index (χ1n) is 5.58. The van der Waals surface area contributed by atoms with Gasteiger partial charge in [0.15, 0.2) is 0 Å². The average molecular weight is 169 g/mol. The molecule has 0 aromatic carbocycles. The Morgan fingerprint density at radius 1 is 1.25 bits per heavy atom. The number of hydrogen-bond donors (Lipinski definition) is 1. The Bertz CT molecular complexity index is 106. The fourth-order valence-electron chi connectivity index (χ4n) is 2.13. The second-order valence-electron chi connectivity index (χ2n) is 4.25. The normalized spacial score (nSPS) is 22.5. The summed E-state index contributed by atoms with van der Waals surface area (Å²) in [4.78, 5) is 0. The zero-order valence-corrected chi connectivity index (χ0v) is 8.39. The molecule has 0 saturated heterocycles. The highest BCUT2D eigenvalue weighted by molar-refractivity contribution is 4.68. The van der Waals surface area contributed by atoms with Crippen LogP contribution in [0.15, 0.2) is 0 Å². The molecule has 2 N–H and O–H groups in total. The molecule has 1 aliphatic rings. The molecule has 0 aliphatic heterocycles. The highest BCUT2D eigenvalue weighted by Gasteiger charge is 2.13. The molecule has 1 fully saturated rings. The van der Waals surface area contributed by atoms with Gasteiger partial charge in [-0.1, -0.05) is 39.0 Å². The SMILES string of the molecule is CC[C@@H](N)CCC1CCCCC1. The molecular weight excluding hydrogens is 146 g/mol. The van der Waals surface area contributed by atoms with Gasteiger partial charge < -0.3 is 5.73 Å². The lowest BCUT2D eigenvalue weighted by molar-refractivity contribution is 0.322. The molecule has 1 aliphatic carbocycles. The maximum Gasteiger partial charge on any atom is 0.00363 e. The van der Waals surface area contributed by atoms with Crippen molar-refractivity contribution in [1.82, 2.24) is 0 Å². The minimum absolute atomic E-state index is 0.465. The van der Waals surface area contributed by atoms with Gasteiger partial charge in [0.1, 0.15) is 0 Å². The second kappa shape index (κ2) is 5.58. The molecule has 0 unspecified atom stereocenters. The fourth-order valence-corrected chi connectivity index (χ4v) is 2.13. The van der Waals surface area contributed by atoms with Gasteiger partial charge in [-0.05, 0) is 25.2 Å². The Morgan fingerprint density at radius 2 is 1.92 bits per heavy atom.